The third kappa shape index (κ3) is 3.62. The fraction of sp³-hybridized carbons (Fsp3) is 0.846. The van der Waals surface area contributed by atoms with Crippen molar-refractivity contribution in [3.63, 3.8) is 0 Å². The minimum Gasteiger partial charge on any atom is -0.409 e. The van der Waals surface area contributed by atoms with Crippen molar-refractivity contribution in [3.8, 4) is 0 Å². The summed E-state index contributed by atoms with van der Waals surface area (Å²) in [5.41, 5.74) is 4.97. The maximum absolute atomic E-state index is 12.6. The van der Waals surface area contributed by atoms with E-state index in [1.807, 2.05) is 20.8 Å². The zero-order valence-corrected chi connectivity index (χ0v) is 12.1. The second-order valence-electron chi connectivity index (χ2n) is 4.79. The molecule has 0 aliphatic heterocycles. The van der Waals surface area contributed by atoms with E-state index < -0.39 is 5.41 Å². The van der Waals surface area contributed by atoms with Crippen LogP contribution in [0.5, 0.6) is 0 Å². The van der Waals surface area contributed by atoms with Crippen molar-refractivity contribution in [3.05, 3.63) is 0 Å². The molecule has 0 radical (unpaired) electrons. The fourth-order valence-electron chi connectivity index (χ4n) is 2.46. The van der Waals surface area contributed by atoms with E-state index in [1.165, 1.54) is 0 Å². The van der Waals surface area contributed by atoms with Gasteiger partial charge in [-0.05, 0) is 19.3 Å². The summed E-state index contributed by atoms with van der Waals surface area (Å²) in [7, 11) is 1.77. The van der Waals surface area contributed by atoms with Crippen molar-refractivity contribution < 1.29 is 10.0 Å². The number of carbonyl (C=O) groups excluding carboxylic acids is 1. The van der Waals surface area contributed by atoms with Gasteiger partial charge in [0, 0.05) is 13.6 Å². The van der Waals surface area contributed by atoms with E-state index in [9.17, 15) is 4.79 Å². The van der Waals surface area contributed by atoms with Gasteiger partial charge in [-0.3, -0.25) is 4.79 Å². The van der Waals surface area contributed by atoms with Gasteiger partial charge in [-0.25, -0.2) is 0 Å². The lowest BCUT2D eigenvalue weighted by Gasteiger charge is -2.34. The van der Waals surface area contributed by atoms with Crippen LogP contribution in [-0.2, 0) is 4.79 Å². The highest BCUT2D eigenvalue weighted by atomic mass is 16.4. The molecular formula is C13H27N3O2. The van der Waals surface area contributed by atoms with Crippen LogP contribution in [0, 0.1) is 5.41 Å². The maximum Gasteiger partial charge on any atom is 0.236 e. The number of oxime groups is 1. The highest BCUT2D eigenvalue weighted by molar-refractivity contribution is 6.06. The molecule has 0 atom stereocenters. The van der Waals surface area contributed by atoms with Crippen molar-refractivity contribution in [1.29, 1.82) is 0 Å². The number of hydrogen-bond acceptors (Lipinski definition) is 3. The van der Waals surface area contributed by atoms with Crippen LogP contribution in [-0.4, -0.2) is 35.4 Å². The molecule has 0 spiro atoms. The van der Waals surface area contributed by atoms with Crippen LogP contribution < -0.4 is 5.73 Å². The van der Waals surface area contributed by atoms with Crippen LogP contribution in [0.4, 0.5) is 0 Å². The molecule has 1 amide bonds. The second kappa shape index (κ2) is 7.95. The van der Waals surface area contributed by atoms with Crippen molar-refractivity contribution in [1.82, 2.24) is 4.90 Å². The Bertz CT molecular complexity index is 284. The SMILES string of the molecule is CCCN(C)C(=O)C(CCC)(CCC)C(N)=NO. The molecule has 0 fully saturated rings. The minimum atomic E-state index is -0.845. The number of nitrogens with two attached hydrogens (primary N) is 1. The molecular weight excluding hydrogens is 230 g/mol. The van der Waals surface area contributed by atoms with Crippen molar-refractivity contribution in [2.75, 3.05) is 13.6 Å². The zero-order valence-electron chi connectivity index (χ0n) is 12.1. The summed E-state index contributed by atoms with van der Waals surface area (Å²) in [6.07, 6.45) is 3.77. The quantitative estimate of drug-likeness (QED) is 0.303. The molecule has 0 aromatic carbocycles. The first kappa shape index (κ1) is 16.7. The number of hydrogen-bond donors (Lipinski definition) is 2. The van der Waals surface area contributed by atoms with Gasteiger partial charge in [-0.15, -0.1) is 0 Å². The Balaban J connectivity index is 5.33. The Morgan fingerprint density at radius 2 is 1.72 bits per heavy atom. The van der Waals surface area contributed by atoms with Gasteiger partial charge in [0.2, 0.25) is 5.91 Å². The largest absolute Gasteiger partial charge is 0.409 e. The lowest BCUT2D eigenvalue weighted by molar-refractivity contribution is -0.138. The Labute approximate surface area is 110 Å². The van der Waals surface area contributed by atoms with Crippen molar-refractivity contribution in [2.24, 2.45) is 16.3 Å². The molecule has 5 nitrogen and oxygen atoms in total. The number of amidine groups is 1. The van der Waals surface area contributed by atoms with Gasteiger partial charge in [-0.2, -0.15) is 0 Å². The van der Waals surface area contributed by atoms with Crippen LogP contribution in [0.3, 0.4) is 0 Å². The van der Waals surface area contributed by atoms with E-state index in [1.54, 1.807) is 11.9 Å². The summed E-state index contributed by atoms with van der Waals surface area (Å²) < 4.78 is 0. The first-order valence-corrected chi connectivity index (χ1v) is 6.73. The highest BCUT2D eigenvalue weighted by Crippen LogP contribution is 2.32. The summed E-state index contributed by atoms with van der Waals surface area (Å²) in [4.78, 5) is 14.3. The first-order valence-electron chi connectivity index (χ1n) is 6.73. The van der Waals surface area contributed by atoms with Crippen LogP contribution in [0.25, 0.3) is 0 Å². The van der Waals surface area contributed by atoms with Crippen molar-refractivity contribution in [2.45, 2.75) is 52.9 Å². The topological polar surface area (TPSA) is 78.9 Å². The number of rotatable bonds is 8. The molecule has 0 saturated carbocycles. The number of carbonyl (C=O) groups is 1. The Kier molecular flexibility index (Phi) is 7.39. The van der Waals surface area contributed by atoms with E-state index >= 15 is 0 Å². The minimum absolute atomic E-state index is 0.0386. The van der Waals surface area contributed by atoms with Crippen LogP contribution in [0.2, 0.25) is 0 Å². The van der Waals surface area contributed by atoms with Gasteiger partial charge in [-0.1, -0.05) is 38.8 Å². The third-order valence-electron chi connectivity index (χ3n) is 3.27. The average Bonchev–Trinajstić information content (AvgIpc) is 2.36. The normalized spacial score (nSPS) is 12.6. The molecule has 0 rings (SSSR count). The van der Waals surface area contributed by atoms with Gasteiger partial charge in [0.15, 0.2) is 5.84 Å². The number of amides is 1. The molecule has 0 aromatic heterocycles. The first-order chi connectivity index (χ1) is 8.49. The standard InChI is InChI=1S/C13H27N3O2/c1-5-8-13(9-6-2,11(14)15-18)12(17)16(4)10-7-3/h18H,5-10H2,1-4H3,(H2,14,15). The maximum atomic E-state index is 12.6. The van der Waals surface area contributed by atoms with Crippen LogP contribution >= 0.6 is 0 Å². The van der Waals surface area contributed by atoms with Gasteiger partial charge in [0.25, 0.3) is 0 Å². The molecule has 3 N–H and O–H groups in total. The fourth-order valence-corrected chi connectivity index (χ4v) is 2.46. The Hall–Kier alpha value is -1.26. The summed E-state index contributed by atoms with van der Waals surface area (Å²) in [6.45, 7) is 6.71. The monoisotopic (exact) mass is 257 g/mol. The second-order valence-corrected chi connectivity index (χ2v) is 4.79. The molecule has 0 aromatic rings. The van der Waals surface area contributed by atoms with E-state index in [0.717, 1.165) is 19.3 Å². The lowest BCUT2D eigenvalue weighted by atomic mass is 9.76. The molecule has 106 valence electrons. The summed E-state index contributed by atoms with van der Waals surface area (Å²) in [6, 6.07) is 0. The summed E-state index contributed by atoms with van der Waals surface area (Å²) in [5.74, 6) is 0.00232. The van der Waals surface area contributed by atoms with Gasteiger partial charge >= 0.3 is 0 Å². The molecule has 0 heterocycles. The van der Waals surface area contributed by atoms with Crippen molar-refractivity contribution >= 4 is 11.7 Å². The van der Waals surface area contributed by atoms with Gasteiger partial charge in [0.05, 0.1) is 0 Å². The van der Waals surface area contributed by atoms with Crippen LogP contribution in [0.15, 0.2) is 5.16 Å². The van der Waals surface area contributed by atoms with E-state index in [2.05, 4.69) is 5.16 Å². The molecule has 0 aliphatic carbocycles. The summed E-state index contributed by atoms with van der Waals surface area (Å²) in [5, 5.41) is 12.1. The van der Waals surface area contributed by atoms with E-state index in [0.29, 0.717) is 19.4 Å². The molecule has 5 heteroatoms. The van der Waals surface area contributed by atoms with Gasteiger partial charge < -0.3 is 15.8 Å². The zero-order chi connectivity index (χ0) is 14.2. The Morgan fingerprint density at radius 3 is 2.06 bits per heavy atom. The molecule has 0 bridgehead atoms. The number of nitrogens with zero attached hydrogens (tertiary/aromatic N) is 2. The molecule has 18 heavy (non-hydrogen) atoms. The molecule has 0 saturated heterocycles. The smallest absolute Gasteiger partial charge is 0.236 e. The predicted molar refractivity (Wildman–Crippen MR) is 73.6 cm³/mol. The Morgan fingerprint density at radius 1 is 1.22 bits per heavy atom. The van der Waals surface area contributed by atoms with E-state index in [-0.39, 0.29) is 11.7 Å². The van der Waals surface area contributed by atoms with E-state index in [4.69, 9.17) is 10.9 Å². The van der Waals surface area contributed by atoms with Crippen LogP contribution in [0.1, 0.15) is 52.9 Å². The summed E-state index contributed by atoms with van der Waals surface area (Å²) >= 11 is 0. The lowest BCUT2D eigenvalue weighted by Crippen LogP contribution is -2.50. The average molecular weight is 257 g/mol. The molecule has 0 aliphatic rings. The highest BCUT2D eigenvalue weighted by Gasteiger charge is 2.42. The predicted octanol–water partition coefficient (Wildman–Crippen LogP) is 2.19. The third-order valence-corrected chi connectivity index (χ3v) is 3.27. The van der Waals surface area contributed by atoms with Gasteiger partial charge in [0.1, 0.15) is 5.41 Å². The molecule has 0 unspecified atom stereocenters.